The highest BCUT2D eigenvalue weighted by Crippen LogP contribution is 2.35. The topological polar surface area (TPSA) is 47.7 Å². The number of halogens is 2. The third-order valence-electron chi connectivity index (χ3n) is 4.30. The van der Waals surface area contributed by atoms with E-state index in [0.717, 1.165) is 41.5 Å². The average molecular weight is 394 g/mol. The smallest absolute Gasteiger partial charge is 0.161 e. The van der Waals surface area contributed by atoms with E-state index in [1.807, 2.05) is 6.07 Å². The standard InChI is InChI=1S/C16H25BrN2O2.ClH/c1-11-4-5-19(13(6-11)9-18)10-12-7-15(20-2)16(21-3)8-14(12)17;/h7-8,11,13H,4-6,9-10,18H2,1-3H3;1H. The normalized spacial score (nSPS) is 22.0. The molecule has 1 aromatic rings. The Hall–Kier alpha value is -0.490. The molecule has 22 heavy (non-hydrogen) atoms. The van der Waals surface area contributed by atoms with Gasteiger partial charge < -0.3 is 15.2 Å². The molecule has 6 heteroatoms. The first kappa shape index (κ1) is 19.6. The van der Waals surface area contributed by atoms with Crippen LogP contribution in [0.2, 0.25) is 0 Å². The van der Waals surface area contributed by atoms with Gasteiger partial charge in [0.15, 0.2) is 11.5 Å². The first-order chi connectivity index (χ1) is 10.1. The first-order valence-corrected chi connectivity index (χ1v) is 8.22. The fraction of sp³-hybridized carbons (Fsp3) is 0.625. The van der Waals surface area contributed by atoms with Gasteiger partial charge in [0, 0.05) is 23.6 Å². The molecule has 1 aliphatic rings. The van der Waals surface area contributed by atoms with Crippen LogP contribution in [0.4, 0.5) is 0 Å². The summed E-state index contributed by atoms with van der Waals surface area (Å²) >= 11 is 3.64. The molecular weight excluding hydrogens is 368 g/mol. The number of hydrogen-bond donors (Lipinski definition) is 1. The Balaban J connectivity index is 0.00000242. The SMILES string of the molecule is COc1cc(Br)c(CN2CCC(C)CC2CN)cc1OC.Cl. The monoisotopic (exact) mass is 392 g/mol. The Labute approximate surface area is 147 Å². The summed E-state index contributed by atoms with van der Waals surface area (Å²) in [5.41, 5.74) is 7.16. The Morgan fingerprint density at radius 3 is 2.50 bits per heavy atom. The Morgan fingerprint density at radius 2 is 1.91 bits per heavy atom. The largest absolute Gasteiger partial charge is 0.493 e. The predicted molar refractivity (Wildman–Crippen MR) is 96.1 cm³/mol. The zero-order valence-electron chi connectivity index (χ0n) is 13.5. The number of nitrogens with two attached hydrogens (primary N) is 1. The summed E-state index contributed by atoms with van der Waals surface area (Å²) in [4.78, 5) is 2.48. The van der Waals surface area contributed by atoms with E-state index in [0.29, 0.717) is 6.04 Å². The number of methoxy groups -OCH3 is 2. The fourth-order valence-corrected chi connectivity index (χ4v) is 3.44. The molecule has 1 aromatic carbocycles. The highest BCUT2D eigenvalue weighted by atomic mass is 79.9. The van der Waals surface area contributed by atoms with E-state index in [2.05, 4.69) is 33.8 Å². The van der Waals surface area contributed by atoms with E-state index in [9.17, 15) is 0 Å². The Kier molecular flexibility index (Phi) is 7.97. The van der Waals surface area contributed by atoms with Gasteiger partial charge in [0.1, 0.15) is 0 Å². The van der Waals surface area contributed by atoms with Gasteiger partial charge in [0.05, 0.1) is 14.2 Å². The lowest BCUT2D eigenvalue weighted by molar-refractivity contribution is 0.115. The number of hydrogen-bond acceptors (Lipinski definition) is 4. The first-order valence-electron chi connectivity index (χ1n) is 7.43. The van der Waals surface area contributed by atoms with Crippen molar-refractivity contribution in [1.29, 1.82) is 0 Å². The average Bonchev–Trinajstić information content (AvgIpc) is 2.50. The van der Waals surface area contributed by atoms with E-state index < -0.39 is 0 Å². The molecule has 0 saturated carbocycles. The molecule has 0 radical (unpaired) electrons. The van der Waals surface area contributed by atoms with Crippen LogP contribution >= 0.6 is 28.3 Å². The Morgan fingerprint density at radius 1 is 1.27 bits per heavy atom. The minimum atomic E-state index is 0. The van der Waals surface area contributed by atoms with Gasteiger partial charge in [-0.3, -0.25) is 4.90 Å². The van der Waals surface area contributed by atoms with Crippen molar-refractivity contribution in [1.82, 2.24) is 4.90 Å². The quantitative estimate of drug-likeness (QED) is 0.832. The molecule has 0 aliphatic carbocycles. The summed E-state index contributed by atoms with van der Waals surface area (Å²) in [6.45, 7) is 5.01. The van der Waals surface area contributed by atoms with Gasteiger partial charge in [-0.2, -0.15) is 0 Å². The van der Waals surface area contributed by atoms with E-state index in [1.165, 1.54) is 18.4 Å². The molecule has 2 unspecified atom stereocenters. The lowest BCUT2D eigenvalue weighted by atomic mass is 9.92. The second-order valence-corrected chi connectivity index (χ2v) is 6.64. The molecule has 2 N–H and O–H groups in total. The minimum absolute atomic E-state index is 0. The summed E-state index contributed by atoms with van der Waals surface area (Å²) in [6.07, 6.45) is 2.42. The van der Waals surface area contributed by atoms with Crippen molar-refractivity contribution in [2.45, 2.75) is 32.4 Å². The van der Waals surface area contributed by atoms with Crippen LogP contribution in [0.5, 0.6) is 11.5 Å². The summed E-state index contributed by atoms with van der Waals surface area (Å²) in [6, 6.07) is 4.49. The summed E-state index contributed by atoms with van der Waals surface area (Å²) in [7, 11) is 3.32. The van der Waals surface area contributed by atoms with Crippen LogP contribution in [0, 0.1) is 5.92 Å². The molecule has 0 bridgehead atoms. The van der Waals surface area contributed by atoms with Gasteiger partial charge in [-0.05, 0) is 43.0 Å². The van der Waals surface area contributed by atoms with Gasteiger partial charge in [0.25, 0.3) is 0 Å². The van der Waals surface area contributed by atoms with Crippen molar-refractivity contribution in [2.24, 2.45) is 11.7 Å². The van der Waals surface area contributed by atoms with E-state index in [4.69, 9.17) is 15.2 Å². The van der Waals surface area contributed by atoms with E-state index >= 15 is 0 Å². The maximum atomic E-state index is 5.95. The van der Waals surface area contributed by atoms with Gasteiger partial charge in [-0.15, -0.1) is 12.4 Å². The third-order valence-corrected chi connectivity index (χ3v) is 5.04. The van der Waals surface area contributed by atoms with Crippen molar-refractivity contribution in [3.63, 3.8) is 0 Å². The molecule has 2 atom stereocenters. The lowest BCUT2D eigenvalue weighted by Crippen LogP contribution is -2.45. The van der Waals surface area contributed by atoms with E-state index in [-0.39, 0.29) is 12.4 Å². The molecular formula is C16H26BrClN2O2. The molecule has 0 aromatic heterocycles. The van der Waals surface area contributed by atoms with Crippen LogP contribution < -0.4 is 15.2 Å². The van der Waals surface area contributed by atoms with Crippen LogP contribution in [0.1, 0.15) is 25.3 Å². The molecule has 1 saturated heterocycles. The Bertz CT molecular complexity index is 487. The predicted octanol–water partition coefficient (Wildman–Crippen LogP) is 3.45. The van der Waals surface area contributed by atoms with Crippen LogP contribution in [0.3, 0.4) is 0 Å². The number of piperidine rings is 1. The van der Waals surface area contributed by atoms with Crippen molar-refractivity contribution < 1.29 is 9.47 Å². The number of nitrogens with zero attached hydrogens (tertiary/aromatic N) is 1. The zero-order valence-corrected chi connectivity index (χ0v) is 15.9. The van der Waals surface area contributed by atoms with Crippen molar-refractivity contribution in [3.05, 3.63) is 22.2 Å². The summed E-state index contributed by atoms with van der Waals surface area (Å²) in [5, 5.41) is 0. The lowest BCUT2D eigenvalue weighted by Gasteiger charge is -2.38. The molecule has 2 rings (SSSR count). The molecule has 0 spiro atoms. The van der Waals surface area contributed by atoms with Gasteiger partial charge in [-0.1, -0.05) is 22.9 Å². The van der Waals surface area contributed by atoms with Crippen LogP contribution in [-0.4, -0.2) is 38.3 Å². The minimum Gasteiger partial charge on any atom is -0.493 e. The number of likely N-dealkylation sites (tertiary alicyclic amines) is 1. The summed E-state index contributed by atoms with van der Waals surface area (Å²) in [5.74, 6) is 2.28. The molecule has 1 heterocycles. The molecule has 1 fully saturated rings. The molecule has 4 nitrogen and oxygen atoms in total. The maximum Gasteiger partial charge on any atom is 0.161 e. The second kappa shape index (κ2) is 8.96. The zero-order chi connectivity index (χ0) is 15.4. The fourth-order valence-electron chi connectivity index (χ4n) is 2.99. The number of rotatable bonds is 5. The van der Waals surface area contributed by atoms with Gasteiger partial charge in [0.2, 0.25) is 0 Å². The van der Waals surface area contributed by atoms with Gasteiger partial charge in [-0.25, -0.2) is 0 Å². The summed E-state index contributed by atoms with van der Waals surface area (Å²) < 4.78 is 11.8. The third kappa shape index (κ3) is 4.51. The van der Waals surface area contributed by atoms with Crippen molar-refractivity contribution in [2.75, 3.05) is 27.3 Å². The molecule has 126 valence electrons. The van der Waals surface area contributed by atoms with Crippen molar-refractivity contribution in [3.8, 4) is 11.5 Å². The van der Waals surface area contributed by atoms with Gasteiger partial charge >= 0.3 is 0 Å². The van der Waals surface area contributed by atoms with Crippen LogP contribution in [0.15, 0.2) is 16.6 Å². The number of ether oxygens (including phenoxy) is 2. The molecule has 1 aliphatic heterocycles. The van der Waals surface area contributed by atoms with Crippen LogP contribution in [0.25, 0.3) is 0 Å². The highest BCUT2D eigenvalue weighted by molar-refractivity contribution is 9.10. The molecule has 0 amide bonds. The maximum absolute atomic E-state index is 5.95. The highest BCUT2D eigenvalue weighted by Gasteiger charge is 2.26. The number of benzene rings is 1. The van der Waals surface area contributed by atoms with Crippen LogP contribution in [-0.2, 0) is 6.54 Å². The van der Waals surface area contributed by atoms with E-state index in [1.54, 1.807) is 14.2 Å². The van der Waals surface area contributed by atoms with Crippen molar-refractivity contribution >= 4 is 28.3 Å². The second-order valence-electron chi connectivity index (χ2n) is 5.79.